The van der Waals surface area contributed by atoms with E-state index in [2.05, 4.69) is 0 Å². The van der Waals surface area contributed by atoms with Gasteiger partial charge in [-0.1, -0.05) is 0 Å². The van der Waals surface area contributed by atoms with E-state index in [0.29, 0.717) is 11.0 Å². The van der Waals surface area contributed by atoms with E-state index < -0.39 is 0 Å². The molecule has 0 aromatic rings. The lowest BCUT2D eigenvalue weighted by Crippen LogP contribution is -2.07. The maximum atomic E-state index is 10.6. The summed E-state index contributed by atoms with van der Waals surface area (Å²) in [5, 5.41) is 0.343. The van der Waals surface area contributed by atoms with Gasteiger partial charge < -0.3 is 0 Å². The minimum atomic E-state index is 0.343. The highest BCUT2D eigenvalue weighted by Crippen LogP contribution is 2.26. The minimum Gasteiger partial charge on any atom is -0.299 e. The van der Waals surface area contributed by atoms with Crippen LogP contribution in [0.3, 0.4) is 0 Å². The molecule has 0 spiro atoms. The first-order chi connectivity index (χ1) is 3.80. The van der Waals surface area contributed by atoms with Gasteiger partial charge in [-0.15, -0.1) is 0 Å². The normalized spacial score (nSPS) is 28.4. The summed E-state index contributed by atoms with van der Waals surface area (Å²) in [5.41, 5.74) is 0. The Hall–Kier alpha value is 0.0200. The maximum Gasteiger partial charge on any atom is 0.142 e. The summed E-state index contributed by atoms with van der Waals surface area (Å²) >= 11 is 1.80. The number of carbonyl (C=O) groups is 1. The van der Waals surface area contributed by atoms with E-state index >= 15 is 0 Å². The molecule has 1 nitrogen and oxygen atoms in total. The highest BCUT2D eigenvalue weighted by Gasteiger charge is 2.18. The van der Waals surface area contributed by atoms with Crippen LogP contribution in [-0.4, -0.2) is 16.8 Å². The van der Waals surface area contributed by atoms with Crippen LogP contribution in [0.4, 0.5) is 0 Å². The molecule has 0 unspecified atom stereocenters. The van der Waals surface area contributed by atoms with E-state index in [9.17, 15) is 4.79 Å². The first-order valence-electron chi connectivity index (χ1n) is 2.93. The summed E-state index contributed by atoms with van der Waals surface area (Å²) in [6.45, 7) is 1.68. The predicted molar refractivity (Wildman–Crippen MR) is 36.2 cm³/mol. The summed E-state index contributed by atoms with van der Waals surface area (Å²) < 4.78 is 0. The molecule has 1 fully saturated rings. The fraction of sp³-hybridized carbons (Fsp3) is 0.833. The van der Waals surface area contributed by atoms with E-state index in [1.54, 1.807) is 18.7 Å². The van der Waals surface area contributed by atoms with Crippen LogP contribution in [0.5, 0.6) is 0 Å². The molecule has 0 amide bonds. The minimum absolute atomic E-state index is 0.343. The fourth-order valence-corrected chi connectivity index (χ4v) is 2.08. The standard InChI is InChI=1S/C6H10OS/c1-5(7)6-3-2-4-8-6/h6H,2-4H2,1H3/t6-/m0/s1. The van der Waals surface area contributed by atoms with Crippen LogP contribution in [0.1, 0.15) is 19.8 Å². The van der Waals surface area contributed by atoms with Crippen LogP contribution < -0.4 is 0 Å². The Morgan fingerprint density at radius 2 is 2.50 bits per heavy atom. The van der Waals surface area contributed by atoms with Crippen molar-refractivity contribution in [3.63, 3.8) is 0 Å². The van der Waals surface area contributed by atoms with Gasteiger partial charge in [0.25, 0.3) is 0 Å². The Kier molecular flexibility index (Phi) is 1.95. The van der Waals surface area contributed by atoms with Gasteiger partial charge in [-0.3, -0.25) is 4.79 Å². The maximum absolute atomic E-state index is 10.6. The number of thioether (sulfide) groups is 1. The molecule has 0 aliphatic carbocycles. The third-order valence-corrected chi connectivity index (χ3v) is 2.88. The van der Waals surface area contributed by atoms with Crippen molar-refractivity contribution < 1.29 is 4.79 Å². The molecule has 0 aromatic heterocycles. The second-order valence-electron chi connectivity index (χ2n) is 2.11. The Morgan fingerprint density at radius 1 is 1.75 bits per heavy atom. The number of ketones is 1. The third-order valence-electron chi connectivity index (χ3n) is 1.38. The molecule has 1 atom stereocenters. The van der Waals surface area contributed by atoms with Gasteiger partial charge in [0.2, 0.25) is 0 Å². The Bertz CT molecular complexity index is 94.7. The molecule has 46 valence electrons. The molecule has 1 heterocycles. The molecule has 1 aliphatic heterocycles. The van der Waals surface area contributed by atoms with Crippen molar-refractivity contribution in [3.05, 3.63) is 0 Å². The van der Waals surface area contributed by atoms with Gasteiger partial charge in [0.05, 0.1) is 5.25 Å². The van der Waals surface area contributed by atoms with E-state index in [1.165, 1.54) is 12.2 Å². The highest BCUT2D eigenvalue weighted by molar-refractivity contribution is 8.00. The van der Waals surface area contributed by atoms with E-state index in [-0.39, 0.29) is 0 Å². The first kappa shape index (κ1) is 6.14. The number of rotatable bonds is 1. The number of carbonyl (C=O) groups excluding carboxylic acids is 1. The number of hydrogen-bond acceptors (Lipinski definition) is 2. The summed E-state index contributed by atoms with van der Waals surface area (Å²) in [7, 11) is 0. The van der Waals surface area contributed by atoms with E-state index in [0.717, 1.165) is 6.42 Å². The average molecular weight is 130 g/mol. The van der Waals surface area contributed by atoms with Crippen LogP contribution in [0, 0.1) is 0 Å². The molecule has 1 aliphatic rings. The average Bonchev–Trinajstić information content (AvgIpc) is 2.12. The Morgan fingerprint density at radius 3 is 2.75 bits per heavy atom. The van der Waals surface area contributed by atoms with Gasteiger partial charge in [0.1, 0.15) is 5.78 Å². The second-order valence-corrected chi connectivity index (χ2v) is 3.42. The van der Waals surface area contributed by atoms with Crippen LogP contribution in [0.2, 0.25) is 0 Å². The quantitative estimate of drug-likeness (QED) is 0.534. The Balaban J connectivity index is 2.35. The topological polar surface area (TPSA) is 17.1 Å². The number of Topliss-reactive ketones (excluding diaryl/α,β-unsaturated/α-hetero) is 1. The molecular weight excluding hydrogens is 120 g/mol. The van der Waals surface area contributed by atoms with Crippen molar-refractivity contribution in [2.45, 2.75) is 25.0 Å². The fourth-order valence-electron chi connectivity index (χ4n) is 0.898. The first-order valence-corrected chi connectivity index (χ1v) is 3.97. The highest BCUT2D eigenvalue weighted by atomic mass is 32.2. The molecule has 8 heavy (non-hydrogen) atoms. The van der Waals surface area contributed by atoms with Crippen molar-refractivity contribution in [2.24, 2.45) is 0 Å². The molecule has 1 rings (SSSR count). The molecule has 1 saturated heterocycles. The van der Waals surface area contributed by atoms with Crippen LogP contribution in [0.25, 0.3) is 0 Å². The van der Waals surface area contributed by atoms with E-state index in [4.69, 9.17) is 0 Å². The molecule has 0 radical (unpaired) electrons. The van der Waals surface area contributed by atoms with Crippen molar-refractivity contribution in [2.75, 3.05) is 5.75 Å². The van der Waals surface area contributed by atoms with Crippen molar-refractivity contribution >= 4 is 17.5 Å². The van der Waals surface area contributed by atoms with Gasteiger partial charge in [0, 0.05) is 0 Å². The molecule has 0 bridgehead atoms. The monoisotopic (exact) mass is 130 g/mol. The van der Waals surface area contributed by atoms with Crippen molar-refractivity contribution in [3.8, 4) is 0 Å². The van der Waals surface area contributed by atoms with Gasteiger partial charge in [0.15, 0.2) is 0 Å². The lowest BCUT2D eigenvalue weighted by molar-refractivity contribution is -0.116. The van der Waals surface area contributed by atoms with Crippen molar-refractivity contribution in [1.29, 1.82) is 0 Å². The number of hydrogen-bond donors (Lipinski definition) is 0. The molecule has 2 heteroatoms. The summed E-state index contributed by atoms with van der Waals surface area (Å²) in [4.78, 5) is 10.6. The molecular formula is C6H10OS. The Labute approximate surface area is 53.8 Å². The summed E-state index contributed by atoms with van der Waals surface area (Å²) in [6, 6.07) is 0. The van der Waals surface area contributed by atoms with Crippen LogP contribution >= 0.6 is 11.8 Å². The largest absolute Gasteiger partial charge is 0.299 e. The summed E-state index contributed by atoms with van der Waals surface area (Å²) in [6.07, 6.45) is 2.34. The molecule has 0 saturated carbocycles. The van der Waals surface area contributed by atoms with Crippen LogP contribution in [-0.2, 0) is 4.79 Å². The van der Waals surface area contributed by atoms with Crippen LogP contribution in [0.15, 0.2) is 0 Å². The van der Waals surface area contributed by atoms with Gasteiger partial charge in [-0.25, -0.2) is 0 Å². The van der Waals surface area contributed by atoms with Gasteiger partial charge in [-0.05, 0) is 25.5 Å². The third kappa shape index (κ3) is 1.25. The van der Waals surface area contributed by atoms with E-state index in [1.807, 2.05) is 0 Å². The second kappa shape index (κ2) is 2.53. The smallest absolute Gasteiger partial charge is 0.142 e. The molecule has 0 aromatic carbocycles. The summed E-state index contributed by atoms with van der Waals surface area (Å²) in [5.74, 6) is 1.54. The van der Waals surface area contributed by atoms with Crippen molar-refractivity contribution in [1.82, 2.24) is 0 Å². The zero-order chi connectivity index (χ0) is 5.98. The SMILES string of the molecule is CC(=O)[C@@H]1CCCS1. The lowest BCUT2D eigenvalue weighted by atomic mass is 10.2. The van der Waals surface area contributed by atoms with Gasteiger partial charge >= 0.3 is 0 Å². The molecule has 0 N–H and O–H groups in total. The predicted octanol–water partition coefficient (Wildman–Crippen LogP) is 1.47. The van der Waals surface area contributed by atoms with Gasteiger partial charge in [-0.2, -0.15) is 11.8 Å². The lowest BCUT2D eigenvalue weighted by Gasteiger charge is -1.98. The zero-order valence-electron chi connectivity index (χ0n) is 5.02. The zero-order valence-corrected chi connectivity index (χ0v) is 5.83.